The summed E-state index contributed by atoms with van der Waals surface area (Å²) < 4.78 is 33.9. The molecule has 1 atom stereocenters. The molecule has 0 radical (unpaired) electrons. The van der Waals surface area contributed by atoms with Gasteiger partial charge < -0.3 is 10.2 Å². The quantitative estimate of drug-likeness (QED) is 0.311. The fraction of sp³-hybridized carbons (Fsp3) is 0.0526. The Hall–Kier alpha value is -1.67. The summed E-state index contributed by atoms with van der Waals surface area (Å²) in [6.45, 7) is 0. The molecule has 3 aromatic carbocycles. The van der Waals surface area contributed by atoms with Gasteiger partial charge in [0.25, 0.3) is 10.1 Å². The van der Waals surface area contributed by atoms with Crippen LogP contribution in [0.15, 0.2) is 54.6 Å². The van der Waals surface area contributed by atoms with E-state index in [0.717, 1.165) is 6.07 Å². The van der Waals surface area contributed by atoms with Crippen LogP contribution in [0, 0.1) is 0 Å². The smallest absolute Gasteiger partial charge is 0.283 e. The van der Waals surface area contributed by atoms with Crippen molar-refractivity contribution < 1.29 is 23.2 Å². The largest absolute Gasteiger partial charge is 0.508 e. The molecule has 0 saturated heterocycles. The molecular formula is C19H12Cl4O5S. The van der Waals surface area contributed by atoms with Gasteiger partial charge in [-0.05, 0) is 42.0 Å². The van der Waals surface area contributed by atoms with Crippen LogP contribution in [0.2, 0.25) is 20.1 Å². The van der Waals surface area contributed by atoms with Crippen molar-refractivity contribution in [2.45, 2.75) is 4.75 Å². The number of rotatable bonds is 4. The van der Waals surface area contributed by atoms with Gasteiger partial charge in [0.1, 0.15) is 11.5 Å². The molecule has 0 amide bonds. The van der Waals surface area contributed by atoms with E-state index in [9.17, 15) is 23.2 Å². The molecule has 0 aliphatic rings. The van der Waals surface area contributed by atoms with Gasteiger partial charge in [0.15, 0.2) is 4.75 Å². The van der Waals surface area contributed by atoms with Gasteiger partial charge in [0, 0.05) is 26.2 Å². The number of hydrogen-bond donors (Lipinski definition) is 3. The Morgan fingerprint density at radius 1 is 0.724 bits per heavy atom. The number of phenols is 2. The molecule has 29 heavy (non-hydrogen) atoms. The van der Waals surface area contributed by atoms with Gasteiger partial charge in [0.05, 0.1) is 5.02 Å². The average molecular weight is 494 g/mol. The maximum atomic E-state index is 13.0. The molecule has 0 saturated carbocycles. The van der Waals surface area contributed by atoms with Gasteiger partial charge >= 0.3 is 0 Å². The first-order valence-electron chi connectivity index (χ1n) is 7.89. The lowest BCUT2D eigenvalue weighted by molar-refractivity contribution is 0.428. The highest BCUT2D eigenvalue weighted by atomic mass is 35.5. The van der Waals surface area contributed by atoms with Crippen LogP contribution in [-0.4, -0.2) is 23.2 Å². The molecule has 3 rings (SSSR count). The van der Waals surface area contributed by atoms with Crippen molar-refractivity contribution in [2.24, 2.45) is 0 Å². The van der Waals surface area contributed by atoms with Crippen LogP contribution in [-0.2, 0) is 14.9 Å². The minimum Gasteiger partial charge on any atom is -0.508 e. The second-order valence-corrected chi connectivity index (χ2v) is 9.33. The summed E-state index contributed by atoms with van der Waals surface area (Å²) in [4.78, 5) is 0. The minimum atomic E-state index is -5.20. The van der Waals surface area contributed by atoms with Gasteiger partial charge in [-0.25, -0.2) is 0 Å². The standard InChI is InChI=1S/C19H12Cl4O5S/c20-11-4-1-3-10(7-11)19(29(26,27)28,17-13(22)5-2-6-15(17)24)18-14(23)8-12(21)9-16(18)25/h1-9,24-25H,(H,26,27,28). The van der Waals surface area contributed by atoms with Crippen LogP contribution in [0.4, 0.5) is 0 Å². The predicted octanol–water partition coefficient (Wildman–Crippen LogP) is 5.89. The molecular weight excluding hydrogens is 482 g/mol. The van der Waals surface area contributed by atoms with Gasteiger partial charge in [0.2, 0.25) is 0 Å². The summed E-state index contributed by atoms with van der Waals surface area (Å²) in [5.74, 6) is -1.19. The molecule has 0 aliphatic heterocycles. The Bertz CT molecular complexity index is 1170. The van der Waals surface area contributed by atoms with Crippen LogP contribution >= 0.6 is 46.4 Å². The van der Waals surface area contributed by atoms with Crippen LogP contribution in [0.25, 0.3) is 0 Å². The minimum absolute atomic E-state index is 0.0231. The maximum absolute atomic E-state index is 13.0. The molecule has 10 heteroatoms. The van der Waals surface area contributed by atoms with Crippen molar-refractivity contribution in [3.8, 4) is 11.5 Å². The van der Waals surface area contributed by atoms with Crippen molar-refractivity contribution >= 4 is 56.5 Å². The van der Waals surface area contributed by atoms with E-state index in [2.05, 4.69) is 0 Å². The van der Waals surface area contributed by atoms with E-state index in [-0.39, 0.29) is 25.7 Å². The second-order valence-electron chi connectivity index (χ2n) is 6.08. The maximum Gasteiger partial charge on any atom is 0.283 e. The van der Waals surface area contributed by atoms with E-state index in [1.807, 2.05) is 0 Å². The van der Waals surface area contributed by atoms with Gasteiger partial charge in [-0.3, -0.25) is 4.55 Å². The molecule has 0 bridgehead atoms. The number of halogens is 4. The zero-order chi connectivity index (χ0) is 21.6. The van der Waals surface area contributed by atoms with E-state index < -0.39 is 37.5 Å². The monoisotopic (exact) mass is 492 g/mol. The zero-order valence-corrected chi connectivity index (χ0v) is 18.1. The highest BCUT2D eigenvalue weighted by Crippen LogP contribution is 2.54. The number of benzene rings is 3. The van der Waals surface area contributed by atoms with Crippen molar-refractivity contribution in [1.29, 1.82) is 0 Å². The molecule has 0 heterocycles. The van der Waals surface area contributed by atoms with E-state index in [0.29, 0.717) is 0 Å². The lowest BCUT2D eigenvalue weighted by atomic mass is 9.82. The lowest BCUT2D eigenvalue weighted by Gasteiger charge is -2.34. The Kier molecular flexibility index (Phi) is 5.98. The van der Waals surface area contributed by atoms with Gasteiger partial charge in [-0.2, -0.15) is 8.42 Å². The average Bonchev–Trinajstić information content (AvgIpc) is 2.58. The third-order valence-electron chi connectivity index (χ3n) is 4.35. The first kappa shape index (κ1) is 22.0. The van der Waals surface area contributed by atoms with Crippen LogP contribution in [0.3, 0.4) is 0 Å². The summed E-state index contributed by atoms with van der Waals surface area (Å²) >= 11 is 24.6. The predicted molar refractivity (Wildman–Crippen MR) is 114 cm³/mol. The topological polar surface area (TPSA) is 94.8 Å². The van der Waals surface area contributed by atoms with Crippen molar-refractivity contribution in [3.05, 3.63) is 91.4 Å². The lowest BCUT2D eigenvalue weighted by Crippen LogP contribution is -2.39. The molecule has 0 aromatic heterocycles. The Morgan fingerprint density at radius 3 is 1.90 bits per heavy atom. The summed E-state index contributed by atoms with van der Waals surface area (Å²) in [6.07, 6.45) is 0. The van der Waals surface area contributed by atoms with Gasteiger partial charge in [-0.15, -0.1) is 0 Å². The molecule has 3 N–H and O–H groups in total. The summed E-state index contributed by atoms with van der Waals surface area (Å²) in [5.41, 5.74) is -0.974. The summed E-state index contributed by atoms with van der Waals surface area (Å²) in [7, 11) is -5.20. The second kappa shape index (κ2) is 7.87. The number of phenolic OH excluding ortho intramolecular Hbond substituents is 2. The SMILES string of the molecule is O=S(=O)(O)C(c1cccc(Cl)c1)(c1c(O)cccc1Cl)c1c(O)cc(Cl)cc1Cl. The van der Waals surface area contributed by atoms with Crippen molar-refractivity contribution in [2.75, 3.05) is 0 Å². The van der Waals surface area contributed by atoms with Crippen LogP contribution < -0.4 is 0 Å². The van der Waals surface area contributed by atoms with E-state index in [4.69, 9.17) is 46.4 Å². The third kappa shape index (κ3) is 3.65. The number of hydrogen-bond acceptors (Lipinski definition) is 4. The highest BCUT2D eigenvalue weighted by molar-refractivity contribution is 7.87. The van der Waals surface area contributed by atoms with E-state index in [1.54, 1.807) is 0 Å². The molecule has 152 valence electrons. The Balaban J connectivity index is 2.68. The van der Waals surface area contributed by atoms with Crippen molar-refractivity contribution in [1.82, 2.24) is 0 Å². The summed E-state index contributed by atoms with van der Waals surface area (Å²) in [6, 6.07) is 11.7. The van der Waals surface area contributed by atoms with E-state index in [1.165, 1.54) is 48.5 Å². The van der Waals surface area contributed by atoms with E-state index >= 15 is 0 Å². The highest BCUT2D eigenvalue weighted by Gasteiger charge is 2.54. The first-order chi connectivity index (χ1) is 13.5. The summed E-state index contributed by atoms with van der Waals surface area (Å²) in [5, 5.41) is 20.9. The van der Waals surface area contributed by atoms with Crippen LogP contribution in [0.1, 0.15) is 16.7 Å². The normalized spacial score (nSPS) is 13.8. The Morgan fingerprint density at radius 2 is 1.34 bits per heavy atom. The molecule has 5 nitrogen and oxygen atoms in total. The molecule has 3 aromatic rings. The van der Waals surface area contributed by atoms with Crippen LogP contribution in [0.5, 0.6) is 11.5 Å². The fourth-order valence-electron chi connectivity index (χ4n) is 3.30. The third-order valence-corrected chi connectivity index (χ3v) is 6.83. The van der Waals surface area contributed by atoms with Gasteiger partial charge in [-0.1, -0.05) is 64.6 Å². The molecule has 0 spiro atoms. The zero-order valence-electron chi connectivity index (χ0n) is 14.3. The first-order valence-corrected chi connectivity index (χ1v) is 10.8. The van der Waals surface area contributed by atoms with Crippen molar-refractivity contribution in [3.63, 3.8) is 0 Å². The Labute approximate surface area is 186 Å². The molecule has 0 fully saturated rings. The molecule has 1 unspecified atom stereocenters. The fourth-order valence-corrected chi connectivity index (χ4v) is 5.91. The molecule has 0 aliphatic carbocycles. The number of aromatic hydroxyl groups is 2.